The molecule has 0 radical (unpaired) electrons. The molecule has 1 aromatic carbocycles. The lowest BCUT2D eigenvalue weighted by Gasteiger charge is -2.14. The summed E-state index contributed by atoms with van der Waals surface area (Å²) in [6.07, 6.45) is 1.65. The van der Waals surface area contributed by atoms with Gasteiger partial charge in [-0.2, -0.15) is 0 Å². The van der Waals surface area contributed by atoms with E-state index in [9.17, 15) is 13.5 Å². The smallest absolute Gasteiger partial charge is 0.240 e. The Morgan fingerprint density at radius 1 is 1.44 bits per heavy atom. The number of sulfonamides is 1. The summed E-state index contributed by atoms with van der Waals surface area (Å²) in [7, 11) is -3.83. The maximum absolute atomic E-state index is 11.3. The fourth-order valence-electron chi connectivity index (χ4n) is 1.81. The zero-order valence-electron chi connectivity index (χ0n) is 9.83. The highest BCUT2D eigenvalue weighted by Gasteiger charge is 2.29. The molecule has 1 saturated carbocycles. The van der Waals surface area contributed by atoms with E-state index in [1.165, 1.54) is 6.07 Å². The molecule has 0 bridgehead atoms. The quantitative estimate of drug-likeness (QED) is 0.566. The lowest BCUT2D eigenvalue weighted by molar-refractivity contribution is 0.164. The Morgan fingerprint density at radius 2 is 2.11 bits per heavy atom. The molecule has 1 aliphatic rings. The van der Waals surface area contributed by atoms with Crippen LogP contribution in [0.5, 0.6) is 0 Å². The molecule has 0 aromatic heterocycles. The Labute approximate surface area is 106 Å². The number of primary sulfonamides is 1. The number of rotatable bonds is 5. The van der Waals surface area contributed by atoms with Gasteiger partial charge in [-0.1, -0.05) is 6.07 Å². The van der Waals surface area contributed by atoms with Crippen LogP contribution in [0.25, 0.3) is 0 Å². The van der Waals surface area contributed by atoms with Crippen molar-refractivity contribution in [3.05, 3.63) is 18.2 Å². The number of nitrogens with two attached hydrogens (primary N) is 2. The van der Waals surface area contributed by atoms with E-state index in [0.717, 1.165) is 12.8 Å². The minimum Gasteiger partial charge on any atom is -0.396 e. The van der Waals surface area contributed by atoms with E-state index in [4.69, 9.17) is 10.9 Å². The van der Waals surface area contributed by atoms with Gasteiger partial charge in [0.15, 0.2) is 0 Å². The summed E-state index contributed by atoms with van der Waals surface area (Å²) in [4.78, 5) is -0.103. The molecule has 0 spiro atoms. The maximum atomic E-state index is 11.3. The third-order valence-electron chi connectivity index (χ3n) is 3.04. The van der Waals surface area contributed by atoms with E-state index in [2.05, 4.69) is 5.32 Å². The van der Waals surface area contributed by atoms with E-state index in [1.807, 2.05) is 0 Å². The first-order valence-electron chi connectivity index (χ1n) is 5.73. The monoisotopic (exact) mass is 271 g/mol. The fraction of sp³-hybridized carbons (Fsp3) is 0.455. The van der Waals surface area contributed by atoms with Crippen molar-refractivity contribution in [3.63, 3.8) is 0 Å². The Morgan fingerprint density at radius 3 is 2.67 bits per heavy atom. The molecule has 0 saturated heterocycles. The second-order valence-electron chi connectivity index (χ2n) is 4.55. The Balaban J connectivity index is 2.13. The highest BCUT2D eigenvalue weighted by atomic mass is 32.2. The van der Waals surface area contributed by atoms with Crippen molar-refractivity contribution in [1.29, 1.82) is 0 Å². The summed E-state index contributed by atoms with van der Waals surface area (Å²) >= 11 is 0. The summed E-state index contributed by atoms with van der Waals surface area (Å²) in [6, 6.07) is 4.57. The molecule has 6 N–H and O–H groups in total. The minimum atomic E-state index is -3.83. The van der Waals surface area contributed by atoms with E-state index in [-0.39, 0.29) is 10.6 Å². The van der Waals surface area contributed by atoms with Crippen LogP contribution in [0.15, 0.2) is 23.1 Å². The molecular formula is C11H17N3O3S. The first kappa shape index (κ1) is 13.1. The van der Waals surface area contributed by atoms with Crippen LogP contribution in [0.3, 0.4) is 0 Å². The van der Waals surface area contributed by atoms with Crippen LogP contribution in [0, 0.1) is 5.92 Å². The molecule has 6 nitrogen and oxygen atoms in total. The lowest BCUT2D eigenvalue weighted by Crippen LogP contribution is -2.22. The van der Waals surface area contributed by atoms with Gasteiger partial charge in [0, 0.05) is 6.54 Å². The Bertz CT molecular complexity index is 540. The summed E-state index contributed by atoms with van der Waals surface area (Å²) in [6.45, 7) is 0.350. The lowest BCUT2D eigenvalue weighted by atomic mass is 10.2. The second kappa shape index (κ2) is 4.75. The number of hydrogen-bond donors (Lipinski definition) is 4. The van der Waals surface area contributed by atoms with Crippen molar-refractivity contribution in [2.24, 2.45) is 11.1 Å². The average molecular weight is 271 g/mol. The van der Waals surface area contributed by atoms with Crippen molar-refractivity contribution < 1.29 is 13.5 Å². The molecule has 1 fully saturated rings. The van der Waals surface area contributed by atoms with Crippen LogP contribution in [-0.2, 0) is 10.0 Å². The Hall–Kier alpha value is -1.31. The molecule has 1 aromatic rings. The molecule has 2 rings (SSSR count). The number of hydrogen-bond acceptors (Lipinski definition) is 5. The van der Waals surface area contributed by atoms with Crippen molar-refractivity contribution in [3.8, 4) is 0 Å². The fourth-order valence-corrected chi connectivity index (χ4v) is 2.49. The number of nitrogen functional groups attached to an aromatic ring is 1. The molecule has 7 heteroatoms. The molecule has 18 heavy (non-hydrogen) atoms. The predicted molar refractivity (Wildman–Crippen MR) is 69.4 cm³/mol. The summed E-state index contributed by atoms with van der Waals surface area (Å²) in [5, 5.41) is 17.7. The van der Waals surface area contributed by atoms with Gasteiger partial charge in [-0.05, 0) is 30.9 Å². The normalized spacial score (nSPS) is 17.4. The van der Waals surface area contributed by atoms with Crippen LogP contribution < -0.4 is 16.2 Å². The number of nitrogens with one attached hydrogen (secondary N) is 1. The second-order valence-corrected chi connectivity index (χ2v) is 6.08. The van der Waals surface area contributed by atoms with Crippen molar-refractivity contribution in [2.45, 2.75) is 23.8 Å². The third kappa shape index (κ3) is 2.92. The van der Waals surface area contributed by atoms with E-state index in [1.54, 1.807) is 12.1 Å². The van der Waals surface area contributed by atoms with Gasteiger partial charge in [0.1, 0.15) is 4.90 Å². The number of aliphatic hydroxyl groups is 1. The standard InChI is InChI=1S/C11H17N3O3S/c12-11-8(14-6-9(15)7-4-5-7)2-1-3-10(11)18(13,16)17/h1-3,7,9,14-15H,4-6,12H2,(H2,13,16,17). The molecule has 1 aliphatic carbocycles. The van der Waals surface area contributed by atoms with Gasteiger partial charge in [0.2, 0.25) is 10.0 Å². The number of benzene rings is 1. The molecule has 100 valence electrons. The largest absolute Gasteiger partial charge is 0.396 e. The van der Waals surface area contributed by atoms with Crippen LogP contribution in [0.2, 0.25) is 0 Å². The van der Waals surface area contributed by atoms with Gasteiger partial charge in [-0.25, -0.2) is 13.6 Å². The number of para-hydroxylation sites is 1. The Kier molecular flexibility index (Phi) is 3.47. The summed E-state index contributed by atoms with van der Waals surface area (Å²) in [5.41, 5.74) is 6.30. The topological polar surface area (TPSA) is 118 Å². The molecular weight excluding hydrogens is 254 g/mol. The first-order valence-corrected chi connectivity index (χ1v) is 7.27. The molecule has 1 unspecified atom stereocenters. The highest BCUT2D eigenvalue weighted by Crippen LogP contribution is 2.33. The molecule has 1 atom stereocenters. The van der Waals surface area contributed by atoms with Crippen molar-refractivity contribution >= 4 is 21.4 Å². The van der Waals surface area contributed by atoms with E-state index in [0.29, 0.717) is 18.2 Å². The zero-order valence-corrected chi connectivity index (χ0v) is 10.7. The van der Waals surface area contributed by atoms with Gasteiger partial charge >= 0.3 is 0 Å². The van der Waals surface area contributed by atoms with Gasteiger partial charge in [0.25, 0.3) is 0 Å². The number of anilines is 2. The van der Waals surface area contributed by atoms with Crippen LogP contribution >= 0.6 is 0 Å². The average Bonchev–Trinajstić information content (AvgIpc) is 3.09. The molecule has 0 amide bonds. The van der Waals surface area contributed by atoms with Gasteiger partial charge in [-0.3, -0.25) is 0 Å². The van der Waals surface area contributed by atoms with Crippen LogP contribution in [0.1, 0.15) is 12.8 Å². The van der Waals surface area contributed by atoms with Crippen LogP contribution in [-0.4, -0.2) is 26.2 Å². The van der Waals surface area contributed by atoms with Gasteiger partial charge < -0.3 is 16.2 Å². The number of aliphatic hydroxyl groups excluding tert-OH is 1. The highest BCUT2D eigenvalue weighted by molar-refractivity contribution is 7.89. The van der Waals surface area contributed by atoms with E-state index < -0.39 is 16.1 Å². The SMILES string of the molecule is Nc1c(NCC(O)C2CC2)cccc1S(N)(=O)=O. The summed E-state index contributed by atoms with van der Waals surface area (Å²) < 4.78 is 22.6. The minimum absolute atomic E-state index is 0.0861. The van der Waals surface area contributed by atoms with Gasteiger partial charge in [-0.15, -0.1) is 0 Å². The zero-order chi connectivity index (χ0) is 13.3. The molecule has 0 heterocycles. The van der Waals surface area contributed by atoms with Gasteiger partial charge in [0.05, 0.1) is 17.5 Å². The third-order valence-corrected chi connectivity index (χ3v) is 4.01. The maximum Gasteiger partial charge on any atom is 0.240 e. The van der Waals surface area contributed by atoms with Crippen LogP contribution in [0.4, 0.5) is 11.4 Å². The van der Waals surface area contributed by atoms with E-state index >= 15 is 0 Å². The summed E-state index contributed by atoms with van der Waals surface area (Å²) in [5.74, 6) is 0.347. The predicted octanol–water partition coefficient (Wildman–Crippen LogP) is 0.0990. The first-order chi connectivity index (χ1) is 8.39. The molecule has 0 aliphatic heterocycles. The van der Waals surface area contributed by atoms with Crippen molar-refractivity contribution in [2.75, 3.05) is 17.6 Å². The van der Waals surface area contributed by atoms with Crippen molar-refractivity contribution in [1.82, 2.24) is 0 Å².